The van der Waals surface area contributed by atoms with Gasteiger partial charge in [-0.3, -0.25) is 0 Å². The molecule has 0 saturated carbocycles. The fraction of sp³-hybridized carbons (Fsp3) is 0.600. The molecule has 0 radical (unpaired) electrons. The lowest BCUT2D eigenvalue weighted by Crippen LogP contribution is -2.39. The van der Waals surface area contributed by atoms with Gasteiger partial charge in [0.1, 0.15) is 15.8 Å². The Labute approximate surface area is 154 Å². The Morgan fingerprint density at radius 3 is 2.00 bits per heavy atom. The predicted molar refractivity (Wildman–Crippen MR) is 99.3 cm³/mol. The van der Waals surface area contributed by atoms with E-state index in [0.717, 1.165) is 6.42 Å². The van der Waals surface area contributed by atoms with Crippen molar-refractivity contribution in [3.63, 3.8) is 0 Å². The third kappa shape index (κ3) is 6.46. The molecular weight excluding hydrogens is 382 g/mol. The van der Waals surface area contributed by atoms with E-state index in [-0.39, 0.29) is 10.0 Å². The highest BCUT2D eigenvalue weighted by molar-refractivity contribution is 6.65. The summed E-state index contributed by atoms with van der Waals surface area (Å²) in [5, 5.41) is 1.16. The monoisotopic (exact) mass is 402 g/mol. The summed E-state index contributed by atoms with van der Waals surface area (Å²) in [5.41, 5.74) is 0. The van der Waals surface area contributed by atoms with Crippen LogP contribution in [0, 0.1) is 0 Å². The first-order valence-electron chi connectivity index (χ1n) is 7.44. The minimum atomic E-state index is -2.41. The Balaban J connectivity index is 2.61. The fourth-order valence-corrected chi connectivity index (χ4v) is 4.33. The van der Waals surface area contributed by atoms with Crippen molar-refractivity contribution in [3.05, 3.63) is 26.2 Å². The molecule has 7 heteroatoms. The van der Waals surface area contributed by atoms with Crippen LogP contribution in [0.5, 0.6) is 5.75 Å². The fourth-order valence-electron chi connectivity index (χ4n) is 1.94. The summed E-state index contributed by atoms with van der Waals surface area (Å²) in [7, 11) is -2.41. The second-order valence-electron chi connectivity index (χ2n) is 5.56. The molecule has 0 aliphatic rings. The van der Waals surface area contributed by atoms with Crippen molar-refractivity contribution >= 4 is 55.0 Å². The zero-order valence-corrected chi connectivity index (χ0v) is 17.2. The molecule has 2 nitrogen and oxygen atoms in total. The summed E-state index contributed by atoms with van der Waals surface area (Å²) in [6, 6.07) is 1.50. The highest BCUT2D eigenvalue weighted by Gasteiger charge is 2.30. The summed E-state index contributed by atoms with van der Waals surface area (Å²) in [4.78, 5) is 0. The van der Waals surface area contributed by atoms with Crippen molar-refractivity contribution in [3.8, 4) is 5.75 Å². The van der Waals surface area contributed by atoms with Gasteiger partial charge in [-0.1, -0.05) is 79.0 Å². The van der Waals surface area contributed by atoms with Crippen molar-refractivity contribution in [2.45, 2.75) is 52.1 Å². The van der Waals surface area contributed by atoms with Gasteiger partial charge in [0.25, 0.3) is 0 Å². The van der Waals surface area contributed by atoms with Gasteiger partial charge >= 0.3 is 8.56 Å². The molecule has 0 N–H and O–H groups in total. The van der Waals surface area contributed by atoms with Crippen molar-refractivity contribution in [1.82, 2.24) is 0 Å². The zero-order chi connectivity index (χ0) is 16.8. The molecule has 0 saturated heterocycles. The highest BCUT2D eigenvalue weighted by atomic mass is 35.5. The molecule has 0 spiro atoms. The molecule has 0 atom stereocenters. The van der Waals surface area contributed by atoms with E-state index in [1.54, 1.807) is 0 Å². The van der Waals surface area contributed by atoms with Crippen LogP contribution in [0.1, 0.15) is 39.0 Å². The molecule has 1 aromatic carbocycles. The minimum Gasteiger partial charge on any atom is -0.518 e. The number of unbranched alkanes of at least 4 members (excludes halogenated alkanes) is 4. The van der Waals surface area contributed by atoms with E-state index in [2.05, 4.69) is 6.92 Å². The number of hydrogen-bond acceptors (Lipinski definition) is 2. The van der Waals surface area contributed by atoms with Gasteiger partial charge in [0.15, 0.2) is 0 Å². The average molecular weight is 404 g/mol. The first kappa shape index (κ1) is 20.4. The molecule has 0 aliphatic carbocycles. The van der Waals surface area contributed by atoms with Crippen LogP contribution in [0.3, 0.4) is 0 Å². The second kappa shape index (κ2) is 9.60. The van der Waals surface area contributed by atoms with Gasteiger partial charge < -0.3 is 8.85 Å². The van der Waals surface area contributed by atoms with Crippen molar-refractivity contribution in [2.75, 3.05) is 6.61 Å². The van der Waals surface area contributed by atoms with E-state index in [1.165, 1.54) is 31.7 Å². The Morgan fingerprint density at radius 1 is 0.909 bits per heavy atom. The summed E-state index contributed by atoms with van der Waals surface area (Å²) in [5.74, 6) is 0.309. The van der Waals surface area contributed by atoms with Crippen LogP contribution < -0.4 is 4.43 Å². The molecule has 0 aromatic heterocycles. The third-order valence-corrected chi connectivity index (χ3v) is 6.25. The number of hydrogen-bond donors (Lipinski definition) is 0. The first-order valence-corrected chi connectivity index (χ1v) is 11.8. The Kier molecular flexibility index (Phi) is 8.91. The lowest BCUT2D eigenvalue weighted by molar-refractivity contribution is 0.241. The van der Waals surface area contributed by atoms with Crippen LogP contribution in [0.2, 0.25) is 33.2 Å². The largest absolute Gasteiger partial charge is 0.518 e. The molecule has 1 rings (SSSR count). The van der Waals surface area contributed by atoms with Gasteiger partial charge in [-0.2, -0.15) is 0 Å². The van der Waals surface area contributed by atoms with Crippen molar-refractivity contribution in [2.24, 2.45) is 0 Å². The summed E-state index contributed by atoms with van der Waals surface area (Å²) < 4.78 is 11.9. The molecule has 0 unspecified atom stereocenters. The van der Waals surface area contributed by atoms with Crippen LogP contribution in [-0.4, -0.2) is 15.2 Å². The topological polar surface area (TPSA) is 18.5 Å². The molecule has 22 heavy (non-hydrogen) atoms. The van der Waals surface area contributed by atoms with Crippen LogP contribution >= 0.6 is 46.4 Å². The zero-order valence-electron chi connectivity index (χ0n) is 13.1. The van der Waals surface area contributed by atoms with E-state index in [9.17, 15) is 0 Å². The molecular formula is C15H22Cl4O2Si. The molecule has 0 amide bonds. The molecule has 0 bridgehead atoms. The van der Waals surface area contributed by atoms with Crippen LogP contribution in [0.25, 0.3) is 0 Å². The van der Waals surface area contributed by atoms with Gasteiger partial charge in [0.05, 0.1) is 10.0 Å². The summed E-state index contributed by atoms with van der Waals surface area (Å²) in [6.07, 6.45) is 5.94. The normalized spacial score (nSPS) is 11.8. The van der Waals surface area contributed by atoms with Crippen LogP contribution in [-0.2, 0) is 4.43 Å². The van der Waals surface area contributed by atoms with Crippen molar-refractivity contribution in [1.29, 1.82) is 0 Å². The van der Waals surface area contributed by atoms with Gasteiger partial charge in [-0.25, -0.2) is 0 Å². The number of rotatable bonds is 9. The predicted octanol–water partition coefficient (Wildman–Crippen LogP) is 7.37. The molecule has 126 valence electrons. The SMILES string of the molecule is CCCCCCCO[Si](C)(C)Oc1c(Cl)c(Cl)cc(Cl)c1Cl. The Bertz CT molecular complexity index is 469. The molecule has 0 fully saturated rings. The average Bonchev–Trinajstić information content (AvgIpc) is 2.45. The number of halogens is 4. The van der Waals surface area contributed by atoms with Gasteiger partial charge in [0.2, 0.25) is 0 Å². The lowest BCUT2D eigenvalue weighted by Gasteiger charge is -2.25. The van der Waals surface area contributed by atoms with Crippen molar-refractivity contribution < 1.29 is 8.85 Å². The maximum Gasteiger partial charge on any atom is 0.392 e. The highest BCUT2D eigenvalue weighted by Crippen LogP contribution is 2.43. The molecule has 0 heterocycles. The minimum absolute atomic E-state index is 0.267. The standard InChI is InChI=1S/C15H22Cl4O2Si/c1-4-5-6-7-8-9-20-22(2,3)21-15-13(18)11(16)10-12(17)14(15)19/h10H,4-9H2,1-3H3. The van der Waals surface area contributed by atoms with E-state index in [1.807, 2.05) is 13.1 Å². The maximum atomic E-state index is 6.16. The van der Waals surface area contributed by atoms with E-state index in [0.29, 0.717) is 22.4 Å². The Morgan fingerprint density at radius 2 is 1.45 bits per heavy atom. The second-order valence-corrected chi connectivity index (χ2v) is 10.4. The lowest BCUT2D eigenvalue weighted by atomic mass is 10.2. The van der Waals surface area contributed by atoms with E-state index in [4.69, 9.17) is 55.3 Å². The maximum absolute atomic E-state index is 6.16. The van der Waals surface area contributed by atoms with Gasteiger partial charge in [0, 0.05) is 6.61 Å². The van der Waals surface area contributed by atoms with E-state index < -0.39 is 8.56 Å². The summed E-state index contributed by atoms with van der Waals surface area (Å²) in [6.45, 7) is 6.76. The quantitative estimate of drug-likeness (QED) is 0.243. The van der Waals surface area contributed by atoms with Crippen LogP contribution in [0.4, 0.5) is 0 Å². The first-order chi connectivity index (χ1) is 10.3. The van der Waals surface area contributed by atoms with Crippen LogP contribution in [0.15, 0.2) is 6.07 Å². The molecule has 0 aliphatic heterocycles. The van der Waals surface area contributed by atoms with E-state index >= 15 is 0 Å². The Hall–Kier alpha value is 0.357. The third-order valence-electron chi connectivity index (χ3n) is 3.12. The number of benzene rings is 1. The van der Waals surface area contributed by atoms with Gasteiger partial charge in [-0.05, 0) is 25.6 Å². The van der Waals surface area contributed by atoms with Gasteiger partial charge in [-0.15, -0.1) is 0 Å². The smallest absolute Gasteiger partial charge is 0.392 e. The molecule has 1 aromatic rings. The summed E-state index contributed by atoms with van der Waals surface area (Å²) >= 11 is 24.4.